The minimum absolute atomic E-state index is 0.234. The summed E-state index contributed by atoms with van der Waals surface area (Å²) in [6, 6.07) is 0.560. The monoisotopic (exact) mass is 229 g/mol. The number of methoxy groups -OCH3 is 1. The van der Waals surface area contributed by atoms with Crippen molar-refractivity contribution in [2.45, 2.75) is 25.3 Å². The Bertz CT molecular complexity index is 205. The van der Waals surface area contributed by atoms with Crippen LogP contribution in [0.5, 0.6) is 0 Å². The maximum Gasteiger partial charge on any atom is 0.218 e. The molecule has 0 aliphatic carbocycles. The lowest BCUT2D eigenvalue weighted by Gasteiger charge is -2.24. The Morgan fingerprint density at radius 2 is 2.38 bits per heavy atom. The fraction of sp³-hybridized carbons (Fsp3) is 0.909. The van der Waals surface area contributed by atoms with E-state index in [9.17, 15) is 4.79 Å². The number of hydrogen-bond donors (Lipinski definition) is 2. The van der Waals surface area contributed by atoms with E-state index in [0.29, 0.717) is 19.1 Å². The van der Waals surface area contributed by atoms with Gasteiger partial charge in [0.2, 0.25) is 5.91 Å². The molecule has 5 heteroatoms. The number of carbonyl (C=O) groups excluding carboxylic acids is 1. The number of amides is 1. The molecule has 1 unspecified atom stereocenters. The van der Waals surface area contributed by atoms with Crippen molar-refractivity contribution in [1.29, 1.82) is 0 Å². The predicted octanol–water partition coefficient (Wildman–Crippen LogP) is -0.438. The number of rotatable bonds is 8. The molecule has 1 atom stereocenters. The average Bonchev–Trinajstić information content (AvgIpc) is 2.74. The van der Waals surface area contributed by atoms with Crippen molar-refractivity contribution >= 4 is 5.91 Å². The highest BCUT2D eigenvalue weighted by Gasteiger charge is 2.17. The number of carbonyl (C=O) groups is 1. The highest BCUT2D eigenvalue weighted by Crippen LogP contribution is 2.07. The van der Waals surface area contributed by atoms with Crippen LogP contribution in [0.1, 0.15) is 19.3 Å². The molecule has 1 aliphatic rings. The van der Waals surface area contributed by atoms with Crippen LogP contribution in [-0.4, -0.2) is 56.7 Å². The second kappa shape index (κ2) is 7.60. The number of nitrogens with one attached hydrogen (secondary N) is 1. The van der Waals surface area contributed by atoms with Crippen LogP contribution in [-0.2, 0) is 9.53 Å². The van der Waals surface area contributed by atoms with Crippen LogP contribution in [0.25, 0.3) is 0 Å². The summed E-state index contributed by atoms with van der Waals surface area (Å²) in [6.07, 6.45) is 2.90. The van der Waals surface area contributed by atoms with Crippen molar-refractivity contribution in [2.75, 3.05) is 39.9 Å². The molecule has 1 saturated heterocycles. The van der Waals surface area contributed by atoms with Gasteiger partial charge in [0.15, 0.2) is 0 Å². The summed E-state index contributed by atoms with van der Waals surface area (Å²) in [5.74, 6) is -0.234. The van der Waals surface area contributed by atoms with Gasteiger partial charge < -0.3 is 15.8 Å². The van der Waals surface area contributed by atoms with E-state index in [1.165, 1.54) is 12.8 Å². The number of nitrogens with zero attached hydrogens (tertiary/aromatic N) is 1. The molecule has 0 saturated carbocycles. The summed E-state index contributed by atoms with van der Waals surface area (Å²) in [6.45, 7) is 4.39. The van der Waals surface area contributed by atoms with E-state index in [2.05, 4.69) is 10.2 Å². The van der Waals surface area contributed by atoms with Gasteiger partial charge in [-0.25, -0.2) is 0 Å². The zero-order valence-corrected chi connectivity index (χ0v) is 10.1. The van der Waals surface area contributed by atoms with Crippen molar-refractivity contribution < 1.29 is 9.53 Å². The molecule has 16 heavy (non-hydrogen) atoms. The lowest BCUT2D eigenvalue weighted by Crippen LogP contribution is -2.40. The molecule has 1 fully saturated rings. The molecule has 1 heterocycles. The Balaban J connectivity index is 2.26. The normalized spacial score (nSPS) is 20.5. The van der Waals surface area contributed by atoms with E-state index in [0.717, 1.165) is 26.2 Å². The molecule has 1 aliphatic heterocycles. The Labute approximate surface area is 97.3 Å². The van der Waals surface area contributed by atoms with E-state index < -0.39 is 0 Å². The first-order valence-corrected chi connectivity index (χ1v) is 5.95. The van der Waals surface area contributed by atoms with E-state index in [-0.39, 0.29) is 5.91 Å². The van der Waals surface area contributed by atoms with Crippen molar-refractivity contribution in [3.05, 3.63) is 0 Å². The topological polar surface area (TPSA) is 67.6 Å². The summed E-state index contributed by atoms with van der Waals surface area (Å²) >= 11 is 0. The van der Waals surface area contributed by atoms with Crippen molar-refractivity contribution in [3.63, 3.8) is 0 Å². The van der Waals surface area contributed by atoms with Crippen molar-refractivity contribution in [3.8, 4) is 0 Å². The standard InChI is InChI=1S/C11H23N3O2/c1-16-8-7-14(6-4-11(12)15)9-10-3-2-5-13-10/h10,13H,2-9H2,1H3,(H2,12,15). The smallest absolute Gasteiger partial charge is 0.218 e. The number of primary amides is 1. The maximum atomic E-state index is 10.8. The van der Waals surface area contributed by atoms with Gasteiger partial charge in [-0.1, -0.05) is 0 Å². The third kappa shape index (κ3) is 5.44. The van der Waals surface area contributed by atoms with E-state index in [1.807, 2.05) is 0 Å². The Kier molecular flexibility index (Phi) is 6.37. The molecule has 0 spiro atoms. The molecule has 1 amide bonds. The van der Waals surface area contributed by atoms with E-state index in [4.69, 9.17) is 10.5 Å². The third-order valence-electron chi connectivity index (χ3n) is 2.93. The summed E-state index contributed by atoms with van der Waals surface area (Å²) in [5, 5.41) is 3.45. The minimum atomic E-state index is -0.234. The van der Waals surface area contributed by atoms with Gasteiger partial charge in [0.1, 0.15) is 0 Å². The fourth-order valence-electron chi connectivity index (χ4n) is 2.01. The van der Waals surface area contributed by atoms with Gasteiger partial charge in [-0.05, 0) is 19.4 Å². The SMILES string of the molecule is COCCN(CCC(N)=O)CC1CCCN1. The zero-order chi connectivity index (χ0) is 11.8. The molecule has 0 aromatic heterocycles. The largest absolute Gasteiger partial charge is 0.383 e. The van der Waals surface area contributed by atoms with Gasteiger partial charge in [0.05, 0.1) is 6.61 Å². The molecule has 3 N–H and O–H groups in total. The summed E-state index contributed by atoms with van der Waals surface area (Å²) in [4.78, 5) is 13.0. The molecule has 0 bridgehead atoms. The van der Waals surface area contributed by atoms with E-state index >= 15 is 0 Å². The number of ether oxygens (including phenoxy) is 1. The van der Waals surface area contributed by atoms with Crippen LogP contribution < -0.4 is 11.1 Å². The van der Waals surface area contributed by atoms with Gasteiger partial charge in [0.25, 0.3) is 0 Å². The second-order valence-corrected chi connectivity index (χ2v) is 4.30. The Morgan fingerprint density at radius 1 is 1.56 bits per heavy atom. The summed E-state index contributed by atoms with van der Waals surface area (Å²) in [7, 11) is 1.69. The van der Waals surface area contributed by atoms with Crippen LogP contribution in [0.3, 0.4) is 0 Å². The predicted molar refractivity (Wildman–Crippen MR) is 63.2 cm³/mol. The molecule has 0 aromatic rings. The molecule has 94 valence electrons. The lowest BCUT2D eigenvalue weighted by atomic mass is 10.2. The van der Waals surface area contributed by atoms with Crippen LogP contribution in [0.4, 0.5) is 0 Å². The molecule has 1 rings (SSSR count). The van der Waals surface area contributed by atoms with Gasteiger partial charge in [-0.2, -0.15) is 0 Å². The number of hydrogen-bond acceptors (Lipinski definition) is 4. The molecule has 0 radical (unpaired) electrons. The summed E-state index contributed by atoms with van der Waals surface area (Å²) < 4.78 is 5.07. The van der Waals surface area contributed by atoms with Crippen molar-refractivity contribution in [1.82, 2.24) is 10.2 Å². The lowest BCUT2D eigenvalue weighted by molar-refractivity contribution is -0.118. The quantitative estimate of drug-likeness (QED) is 0.592. The van der Waals surface area contributed by atoms with Crippen LogP contribution in [0.2, 0.25) is 0 Å². The van der Waals surface area contributed by atoms with Gasteiger partial charge >= 0.3 is 0 Å². The summed E-state index contributed by atoms with van der Waals surface area (Å²) in [5.41, 5.74) is 5.17. The highest BCUT2D eigenvalue weighted by molar-refractivity contribution is 5.73. The zero-order valence-electron chi connectivity index (χ0n) is 10.1. The second-order valence-electron chi connectivity index (χ2n) is 4.30. The van der Waals surface area contributed by atoms with Crippen LogP contribution in [0, 0.1) is 0 Å². The molecular weight excluding hydrogens is 206 g/mol. The first-order chi connectivity index (χ1) is 7.72. The maximum absolute atomic E-state index is 10.8. The highest BCUT2D eigenvalue weighted by atomic mass is 16.5. The Morgan fingerprint density at radius 3 is 2.94 bits per heavy atom. The van der Waals surface area contributed by atoms with Crippen molar-refractivity contribution in [2.24, 2.45) is 5.73 Å². The number of nitrogens with two attached hydrogens (primary N) is 1. The van der Waals surface area contributed by atoms with Gasteiger partial charge in [0, 0.05) is 39.2 Å². The first kappa shape index (κ1) is 13.4. The van der Waals surface area contributed by atoms with Gasteiger partial charge in [-0.15, -0.1) is 0 Å². The minimum Gasteiger partial charge on any atom is -0.383 e. The van der Waals surface area contributed by atoms with Gasteiger partial charge in [-0.3, -0.25) is 9.69 Å². The Hall–Kier alpha value is -0.650. The van der Waals surface area contributed by atoms with Crippen LogP contribution >= 0.6 is 0 Å². The first-order valence-electron chi connectivity index (χ1n) is 5.95. The molecular formula is C11H23N3O2. The fourth-order valence-corrected chi connectivity index (χ4v) is 2.01. The van der Waals surface area contributed by atoms with E-state index in [1.54, 1.807) is 7.11 Å². The molecule has 5 nitrogen and oxygen atoms in total. The molecule has 0 aromatic carbocycles. The third-order valence-corrected chi connectivity index (χ3v) is 2.93. The average molecular weight is 229 g/mol. The van der Waals surface area contributed by atoms with Crippen LogP contribution in [0.15, 0.2) is 0 Å².